The molecular weight excluding hydrogens is 1210 g/mol. The minimum Gasteiger partial charge on any atom is -0.399 e. The first-order valence-corrected chi connectivity index (χ1v) is 30.8. The molecule has 1 N–H and O–H groups in total. The van der Waals surface area contributed by atoms with Crippen molar-refractivity contribution in [3.05, 3.63) is 196 Å². The number of aromatic nitrogens is 11. The van der Waals surface area contributed by atoms with Crippen molar-refractivity contribution in [2.45, 2.75) is 126 Å². The van der Waals surface area contributed by atoms with E-state index in [-0.39, 0.29) is 55.4 Å². The van der Waals surface area contributed by atoms with E-state index in [1.165, 1.54) is 33.0 Å². The third-order valence-corrected chi connectivity index (χ3v) is 17.4. The molecule has 0 saturated carbocycles. The Balaban J connectivity index is 0.000000229. The summed E-state index contributed by atoms with van der Waals surface area (Å²) in [6, 6.07) is 36.8. The molecule has 1 atom stereocenters. The van der Waals surface area contributed by atoms with E-state index in [0.29, 0.717) is 24.7 Å². The van der Waals surface area contributed by atoms with Gasteiger partial charge in [-0.05, 0) is 151 Å². The summed E-state index contributed by atoms with van der Waals surface area (Å²) in [5.41, 5.74) is 2.45. The minimum absolute atomic E-state index is 0. The summed E-state index contributed by atoms with van der Waals surface area (Å²) < 4.78 is 80.3. The fraction of sp³-hybridized carbons (Fsp3) is 0.420. The van der Waals surface area contributed by atoms with Crippen LogP contribution in [0.1, 0.15) is 95.3 Å². The number of hydrogen-bond acceptors (Lipinski definition) is 15. The van der Waals surface area contributed by atoms with Gasteiger partial charge in [-0.2, -0.15) is 19.0 Å². The Bertz CT molecular complexity index is 4080. The molecule has 0 radical (unpaired) electrons. The van der Waals surface area contributed by atoms with Gasteiger partial charge in [0, 0.05) is 98.5 Å². The highest BCUT2D eigenvalue weighted by Crippen LogP contribution is 2.47. The lowest BCUT2D eigenvalue weighted by molar-refractivity contribution is -0.207. The molecule has 3 aliphatic heterocycles. The van der Waals surface area contributed by atoms with Crippen molar-refractivity contribution in [3.8, 4) is 22.5 Å². The van der Waals surface area contributed by atoms with Crippen molar-refractivity contribution in [1.29, 1.82) is 0 Å². The number of anilines is 4. The third kappa shape index (κ3) is 14.9. The van der Waals surface area contributed by atoms with E-state index in [9.17, 15) is 23.5 Å². The molecule has 3 saturated heterocycles. The summed E-state index contributed by atoms with van der Waals surface area (Å²) in [6.45, 7) is 27.8. The van der Waals surface area contributed by atoms with E-state index in [1.54, 1.807) is 21.8 Å². The van der Waals surface area contributed by atoms with Crippen LogP contribution in [0.25, 0.3) is 22.5 Å². The Morgan fingerprint density at radius 3 is 1.32 bits per heavy atom. The summed E-state index contributed by atoms with van der Waals surface area (Å²) in [5.74, 6) is -6.49. The number of nitrogens with zero attached hydrogens (tertiary/aromatic N) is 15. The van der Waals surface area contributed by atoms with E-state index < -0.39 is 41.0 Å². The summed E-state index contributed by atoms with van der Waals surface area (Å²) in [6.07, 6.45) is 5.42. The Morgan fingerprint density at radius 1 is 0.532 bits per heavy atom. The first-order chi connectivity index (χ1) is 43.5. The third-order valence-electron chi connectivity index (χ3n) is 17.4. The second-order valence-electron chi connectivity index (χ2n) is 27.2. The number of alkyl halides is 2. The molecule has 4 aromatic heterocycles. The van der Waals surface area contributed by atoms with Gasteiger partial charge >= 0.3 is 24.4 Å². The molecule has 0 amide bonds. The highest BCUT2D eigenvalue weighted by atomic mass is 19.3. The van der Waals surface area contributed by atoms with Gasteiger partial charge < -0.3 is 34.0 Å². The zero-order valence-corrected chi connectivity index (χ0v) is 53.6. The molecule has 94 heavy (non-hydrogen) atoms. The molecule has 12 rings (SSSR count). The van der Waals surface area contributed by atoms with Crippen LogP contribution >= 0.6 is 0 Å². The SMILES string of the molecule is C.C.CC(C)(C)Cn1ncn(-c2ccc(N3CCN(c4ccc(-c5ccc(C(F)(F)[C@](O)(Cn6cnnn6)c6ccc(F)cc6F)nc5)cc4)CC3)cc2)c1=O.CC(C)(C)Cn1ncn(-c2ccc(N3CCN(c4ccc(B5OC(C)(C)C(C)(C)O5)cc4)CC3)cc2)c1=O. The molecule has 0 bridgehead atoms. The molecule has 7 heterocycles. The molecule has 0 unspecified atom stereocenters. The summed E-state index contributed by atoms with van der Waals surface area (Å²) in [5, 5.41) is 30.4. The number of benzene rings is 5. The Hall–Kier alpha value is -8.94. The molecule has 20 nitrogen and oxygen atoms in total. The average Bonchev–Trinajstić information content (AvgIpc) is 0.938. The number of piperazine rings is 2. The maximum Gasteiger partial charge on any atom is 0.494 e. The van der Waals surface area contributed by atoms with Gasteiger partial charge in [0.05, 0.1) is 42.2 Å². The van der Waals surface area contributed by atoms with Crippen molar-refractivity contribution in [3.63, 3.8) is 0 Å². The summed E-state index contributed by atoms with van der Waals surface area (Å²) in [4.78, 5) is 39.0. The number of aliphatic hydroxyl groups is 1. The standard InChI is InChI=1S/C38H38F4N10O2.C29H40BN5O3.2CH4/c1-36(2,3)22-52-35(53)51(25-45-52)31-12-10-30(11-13-31)49-18-16-48(17-19-49)29-8-4-26(5-9-29)27-6-15-34(43-21-27)38(41,42)37(54,23-50-24-44-46-47-50)32-14-7-28(39)20-33(32)40;1-27(2,3)20-35-26(36)34(21-31-35)25-14-12-24(13-15-25)33-18-16-32(17-19-33)23-10-8-22(9-11-23)30-37-28(4,5)29(6,7)38-30;;/h4-15,20-21,24-25,54H,16-19,22-23H2,1-3H3;8-15,21H,16-20H2,1-7H3;2*1H4/t37-;;;/m0.../s1. The number of pyridine rings is 1. The van der Waals surface area contributed by atoms with Crippen molar-refractivity contribution in [1.82, 2.24) is 53.9 Å². The number of hydrogen-bond donors (Lipinski definition) is 1. The van der Waals surface area contributed by atoms with Crippen LogP contribution in [-0.4, -0.2) is 130 Å². The fourth-order valence-corrected chi connectivity index (χ4v) is 11.6. The first-order valence-electron chi connectivity index (χ1n) is 30.8. The Kier molecular flexibility index (Phi) is 20.1. The lowest BCUT2D eigenvalue weighted by Crippen LogP contribution is -2.48. The van der Waals surface area contributed by atoms with Crippen LogP contribution in [0.2, 0.25) is 0 Å². The summed E-state index contributed by atoms with van der Waals surface area (Å²) >= 11 is 0. The topological polar surface area (TPSA) is 188 Å². The normalized spacial score (nSPS) is 16.4. The van der Waals surface area contributed by atoms with E-state index >= 15 is 8.78 Å². The van der Waals surface area contributed by atoms with Gasteiger partial charge in [0.15, 0.2) is 5.60 Å². The minimum atomic E-state index is -4.15. The van der Waals surface area contributed by atoms with Gasteiger partial charge in [-0.3, -0.25) is 4.98 Å². The van der Waals surface area contributed by atoms with Gasteiger partial charge in [0.25, 0.3) is 0 Å². The second kappa shape index (κ2) is 27.2. The van der Waals surface area contributed by atoms with E-state index in [2.05, 4.69) is 156 Å². The van der Waals surface area contributed by atoms with Crippen molar-refractivity contribution in [2.75, 3.05) is 72.0 Å². The Labute approximate surface area is 547 Å². The second-order valence-corrected chi connectivity index (χ2v) is 27.2. The van der Waals surface area contributed by atoms with Crippen LogP contribution in [0, 0.1) is 22.5 Å². The maximum atomic E-state index is 16.2. The quantitative estimate of drug-likeness (QED) is 0.0754. The number of rotatable bonds is 15. The van der Waals surface area contributed by atoms with Crippen LogP contribution < -0.4 is 36.4 Å². The van der Waals surface area contributed by atoms with Gasteiger partial charge in [-0.15, -0.1) is 5.10 Å². The van der Waals surface area contributed by atoms with Crippen LogP contribution in [0.4, 0.5) is 40.3 Å². The van der Waals surface area contributed by atoms with E-state index in [0.717, 1.165) is 115 Å². The molecule has 498 valence electrons. The number of halogens is 4. The van der Waals surface area contributed by atoms with Gasteiger partial charge in [-0.25, -0.2) is 41.5 Å². The molecule has 0 spiro atoms. The smallest absolute Gasteiger partial charge is 0.399 e. The summed E-state index contributed by atoms with van der Waals surface area (Å²) in [7, 11) is -0.336. The molecule has 3 aliphatic rings. The largest absolute Gasteiger partial charge is 0.494 e. The molecule has 5 aromatic carbocycles. The van der Waals surface area contributed by atoms with Crippen molar-refractivity contribution >= 4 is 35.3 Å². The average molecular weight is 1290 g/mol. The predicted molar refractivity (Wildman–Crippen MR) is 361 cm³/mol. The van der Waals surface area contributed by atoms with E-state index in [1.807, 2.05) is 60.7 Å². The van der Waals surface area contributed by atoms with Gasteiger partial charge in [0.1, 0.15) is 36.3 Å². The highest BCUT2D eigenvalue weighted by Gasteiger charge is 2.58. The predicted octanol–water partition coefficient (Wildman–Crippen LogP) is 10.4. The zero-order chi connectivity index (χ0) is 65.5. The van der Waals surface area contributed by atoms with Crippen LogP contribution in [0.5, 0.6) is 0 Å². The fourth-order valence-electron chi connectivity index (χ4n) is 11.6. The molecule has 25 heteroatoms. The maximum absolute atomic E-state index is 16.2. The van der Waals surface area contributed by atoms with Crippen molar-refractivity contribution in [2.24, 2.45) is 10.8 Å². The molecular formula is C69H86BF4N15O5. The Morgan fingerprint density at radius 2 is 0.936 bits per heavy atom. The highest BCUT2D eigenvalue weighted by molar-refractivity contribution is 6.62. The molecule has 0 aliphatic carbocycles. The van der Waals surface area contributed by atoms with Crippen molar-refractivity contribution < 1.29 is 32.0 Å². The van der Waals surface area contributed by atoms with E-state index in [4.69, 9.17) is 9.31 Å². The number of tetrazole rings is 1. The lowest BCUT2D eigenvalue weighted by Gasteiger charge is -2.37. The van der Waals surface area contributed by atoms with Crippen LogP contribution in [0.3, 0.4) is 0 Å². The first kappa shape index (κ1) is 69.4. The van der Waals surface area contributed by atoms with Gasteiger partial charge in [-0.1, -0.05) is 86.7 Å². The van der Waals surface area contributed by atoms with Crippen LogP contribution in [-0.2, 0) is 40.5 Å². The lowest BCUT2D eigenvalue weighted by atomic mass is 9.79. The zero-order valence-electron chi connectivity index (χ0n) is 53.6. The molecule has 9 aromatic rings. The van der Waals surface area contributed by atoms with Gasteiger partial charge in [0.2, 0.25) is 0 Å². The molecule has 3 fully saturated rings. The monoisotopic (exact) mass is 1290 g/mol. The van der Waals surface area contributed by atoms with Crippen LogP contribution in [0.15, 0.2) is 162 Å².